The van der Waals surface area contributed by atoms with Gasteiger partial charge in [0.2, 0.25) is 0 Å². The van der Waals surface area contributed by atoms with Crippen LogP contribution in [0, 0.1) is 11.3 Å². The van der Waals surface area contributed by atoms with Crippen molar-refractivity contribution in [2.45, 2.75) is 60.4 Å². The van der Waals surface area contributed by atoms with E-state index < -0.39 is 0 Å². The molecule has 1 nitrogen and oxygen atoms in total. The molecule has 19 heavy (non-hydrogen) atoms. The van der Waals surface area contributed by atoms with Gasteiger partial charge in [0, 0.05) is 12.6 Å². The Kier molecular flexibility index (Phi) is 5.61. The second kappa shape index (κ2) is 6.56. The van der Waals surface area contributed by atoms with Crippen molar-refractivity contribution in [1.82, 2.24) is 5.32 Å². The predicted octanol–water partition coefficient (Wildman–Crippen LogP) is 5.14. The highest BCUT2D eigenvalue weighted by molar-refractivity contribution is 5.26. The van der Waals surface area contributed by atoms with E-state index in [0.717, 1.165) is 6.54 Å². The monoisotopic (exact) mass is 261 g/mol. The number of nitrogens with one attached hydrogen (secondary N) is 1. The van der Waals surface area contributed by atoms with Crippen LogP contribution in [-0.2, 0) is 0 Å². The number of hydrogen-bond acceptors (Lipinski definition) is 1. The van der Waals surface area contributed by atoms with Crippen molar-refractivity contribution in [3.05, 3.63) is 35.4 Å². The molecule has 0 saturated heterocycles. The highest BCUT2D eigenvalue weighted by atomic mass is 14.9. The predicted molar refractivity (Wildman–Crippen MR) is 85.6 cm³/mol. The molecule has 108 valence electrons. The lowest BCUT2D eigenvalue weighted by Crippen LogP contribution is -2.34. The molecule has 0 aromatic heterocycles. The maximum absolute atomic E-state index is 3.67. The SMILES string of the molecule is CC(C)c1ccc(C(C)NCC(C)(C)C(C)C)cc1. The van der Waals surface area contributed by atoms with Gasteiger partial charge in [0.25, 0.3) is 0 Å². The van der Waals surface area contributed by atoms with Gasteiger partial charge in [-0.3, -0.25) is 0 Å². The summed E-state index contributed by atoms with van der Waals surface area (Å²) >= 11 is 0. The largest absolute Gasteiger partial charge is 0.310 e. The number of hydrogen-bond donors (Lipinski definition) is 1. The second-order valence-electron chi connectivity index (χ2n) is 7.07. The molecule has 1 heteroatoms. The van der Waals surface area contributed by atoms with Crippen LogP contribution < -0.4 is 5.32 Å². The molecule has 1 N–H and O–H groups in total. The molecule has 0 aliphatic rings. The molecular weight excluding hydrogens is 230 g/mol. The summed E-state index contributed by atoms with van der Waals surface area (Å²) < 4.78 is 0. The molecule has 0 radical (unpaired) electrons. The van der Waals surface area contributed by atoms with Gasteiger partial charge in [0.15, 0.2) is 0 Å². The van der Waals surface area contributed by atoms with Crippen molar-refractivity contribution < 1.29 is 0 Å². The maximum atomic E-state index is 3.67. The molecule has 1 atom stereocenters. The smallest absolute Gasteiger partial charge is 0.0292 e. The molecule has 1 aromatic carbocycles. The van der Waals surface area contributed by atoms with Crippen LogP contribution in [0.3, 0.4) is 0 Å². The van der Waals surface area contributed by atoms with Crippen molar-refractivity contribution in [3.63, 3.8) is 0 Å². The second-order valence-corrected chi connectivity index (χ2v) is 7.07. The fourth-order valence-electron chi connectivity index (χ4n) is 1.91. The van der Waals surface area contributed by atoms with Crippen LogP contribution in [0.5, 0.6) is 0 Å². The third-order valence-electron chi connectivity index (χ3n) is 4.53. The van der Waals surface area contributed by atoms with E-state index in [1.165, 1.54) is 11.1 Å². The summed E-state index contributed by atoms with van der Waals surface area (Å²) in [4.78, 5) is 0. The van der Waals surface area contributed by atoms with Crippen LogP contribution in [0.25, 0.3) is 0 Å². The lowest BCUT2D eigenvalue weighted by Gasteiger charge is -2.31. The minimum Gasteiger partial charge on any atom is -0.310 e. The molecule has 1 unspecified atom stereocenters. The van der Waals surface area contributed by atoms with Gasteiger partial charge >= 0.3 is 0 Å². The van der Waals surface area contributed by atoms with Crippen molar-refractivity contribution >= 4 is 0 Å². The van der Waals surface area contributed by atoms with Gasteiger partial charge in [0.05, 0.1) is 0 Å². The maximum Gasteiger partial charge on any atom is 0.0292 e. The van der Waals surface area contributed by atoms with Gasteiger partial charge in [-0.2, -0.15) is 0 Å². The Morgan fingerprint density at radius 1 is 0.895 bits per heavy atom. The van der Waals surface area contributed by atoms with Gasteiger partial charge in [-0.15, -0.1) is 0 Å². The number of benzene rings is 1. The highest BCUT2D eigenvalue weighted by Gasteiger charge is 2.22. The van der Waals surface area contributed by atoms with E-state index in [1.807, 2.05) is 0 Å². The zero-order valence-corrected chi connectivity index (χ0v) is 13.7. The average Bonchev–Trinajstić information content (AvgIpc) is 2.36. The quantitative estimate of drug-likeness (QED) is 0.747. The Hall–Kier alpha value is -0.820. The lowest BCUT2D eigenvalue weighted by molar-refractivity contribution is 0.230. The van der Waals surface area contributed by atoms with E-state index in [4.69, 9.17) is 0 Å². The first-order valence-corrected chi connectivity index (χ1v) is 7.57. The van der Waals surface area contributed by atoms with Crippen LogP contribution in [0.2, 0.25) is 0 Å². The van der Waals surface area contributed by atoms with Crippen LogP contribution in [0.15, 0.2) is 24.3 Å². The molecule has 1 aromatic rings. The molecule has 0 fully saturated rings. The summed E-state index contributed by atoms with van der Waals surface area (Å²) in [5.41, 5.74) is 3.13. The fourth-order valence-corrected chi connectivity index (χ4v) is 1.91. The Morgan fingerprint density at radius 2 is 1.37 bits per heavy atom. The van der Waals surface area contributed by atoms with Gasteiger partial charge < -0.3 is 5.32 Å². The molecule has 0 amide bonds. The van der Waals surface area contributed by atoms with Crippen molar-refractivity contribution in [2.75, 3.05) is 6.54 Å². The van der Waals surface area contributed by atoms with Gasteiger partial charge in [-0.05, 0) is 35.3 Å². The Morgan fingerprint density at radius 3 is 1.79 bits per heavy atom. The number of rotatable bonds is 6. The fraction of sp³-hybridized carbons (Fsp3) is 0.667. The summed E-state index contributed by atoms with van der Waals surface area (Å²) in [5.74, 6) is 1.30. The van der Waals surface area contributed by atoms with Gasteiger partial charge in [-0.25, -0.2) is 0 Å². The van der Waals surface area contributed by atoms with E-state index in [-0.39, 0.29) is 0 Å². The van der Waals surface area contributed by atoms with Crippen molar-refractivity contribution in [1.29, 1.82) is 0 Å². The highest BCUT2D eigenvalue weighted by Crippen LogP contribution is 2.26. The molecule has 0 aliphatic heterocycles. The Balaban J connectivity index is 2.61. The molecule has 0 bridgehead atoms. The van der Waals surface area contributed by atoms with E-state index in [2.05, 4.69) is 78.0 Å². The van der Waals surface area contributed by atoms with E-state index in [9.17, 15) is 0 Å². The zero-order chi connectivity index (χ0) is 14.6. The summed E-state index contributed by atoms with van der Waals surface area (Å²) in [6, 6.07) is 9.45. The third-order valence-corrected chi connectivity index (χ3v) is 4.53. The van der Waals surface area contributed by atoms with Crippen LogP contribution in [-0.4, -0.2) is 6.54 Å². The van der Waals surface area contributed by atoms with Gasteiger partial charge in [-0.1, -0.05) is 65.8 Å². The first kappa shape index (κ1) is 16.2. The van der Waals surface area contributed by atoms with Crippen molar-refractivity contribution in [2.24, 2.45) is 11.3 Å². The van der Waals surface area contributed by atoms with Crippen molar-refractivity contribution in [3.8, 4) is 0 Å². The molecule has 0 aliphatic carbocycles. The summed E-state index contributed by atoms with van der Waals surface area (Å²) in [6.07, 6.45) is 0. The van der Waals surface area contributed by atoms with E-state index in [1.54, 1.807) is 0 Å². The standard InChI is InChI=1S/C18H31N/c1-13(2)16-8-10-17(11-9-16)15(5)19-12-18(6,7)14(3)4/h8-11,13-15,19H,12H2,1-7H3. The summed E-state index contributed by atoms with van der Waals surface area (Å²) in [5, 5.41) is 3.67. The van der Waals surface area contributed by atoms with Crippen LogP contribution in [0.1, 0.15) is 71.6 Å². The molecule has 0 saturated carbocycles. The first-order chi connectivity index (χ1) is 8.74. The topological polar surface area (TPSA) is 12.0 Å². The molecular formula is C18H31N. The Bertz CT molecular complexity index is 373. The molecule has 1 rings (SSSR count). The zero-order valence-electron chi connectivity index (χ0n) is 13.7. The van der Waals surface area contributed by atoms with E-state index >= 15 is 0 Å². The minimum absolute atomic E-state index is 0.339. The summed E-state index contributed by atoms with van der Waals surface area (Å²) in [6.45, 7) is 17.0. The van der Waals surface area contributed by atoms with Crippen LogP contribution in [0.4, 0.5) is 0 Å². The lowest BCUT2D eigenvalue weighted by atomic mass is 9.81. The average molecular weight is 261 g/mol. The Labute approximate surface area is 119 Å². The molecule has 0 heterocycles. The third kappa shape index (κ3) is 4.65. The summed E-state index contributed by atoms with van der Waals surface area (Å²) in [7, 11) is 0. The minimum atomic E-state index is 0.339. The van der Waals surface area contributed by atoms with Crippen LogP contribution >= 0.6 is 0 Å². The van der Waals surface area contributed by atoms with E-state index in [0.29, 0.717) is 23.3 Å². The molecule has 0 spiro atoms. The normalized spacial score (nSPS) is 14.2. The van der Waals surface area contributed by atoms with Gasteiger partial charge in [0.1, 0.15) is 0 Å². The first-order valence-electron chi connectivity index (χ1n) is 7.57.